The van der Waals surface area contributed by atoms with Crippen LogP contribution in [0, 0.1) is 0 Å². The van der Waals surface area contributed by atoms with Crippen molar-refractivity contribution in [1.29, 1.82) is 0 Å². The first-order valence-electron chi connectivity index (χ1n) is 6.09. The molecule has 7 heteroatoms. The summed E-state index contributed by atoms with van der Waals surface area (Å²) in [5.41, 5.74) is 0.844. The van der Waals surface area contributed by atoms with Crippen LogP contribution in [0.3, 0.4) is 0 Å². The molecule has 2 aromatic heterocycles. The summed E-state index contributed by atoms with van der Waals surface area (Å²) in [6.45, 7) is 0.608. The molecule has 0 unspecified atom stereocenters. The van der Waals surface area contributed by atoms with Gasteiger partial charge in [0.05, 0.1) is 31.3 Å². The highest BCUT2D eigenvalue weighted by Crippen LogP contribution is 2.31. The van der Waals surface area contributed by atoms with Gasteiger partial charge in [0.2, 0.25) is 11.8 Å². The monoisotopic (exact) mass is 294 g/mol. The number of thiazole rings is 1. The van der Waals surface area contributed by atoms with Gasteiger partial charge >= 0.3 is 0 Å². The second kappa shape index (κ2) is 6.42. The van der Waals surface area contributed by atoms with E-state index in [0.29, 0.717) is 18.3 Å². The van der Waals surface area contributed by atoms with Crippen molar-refractivity contribution >= 4 is 22.2 Å². The third-order valence-electron chi connectivity index (χ3n) is 2.63. The van der Waals surface area contributed by atoms with E-state index in [1.165, 1.54) is 0 Å². The fourth-order valence-electron chi connectivity index (χ4n) is 1.65. The summed E-state index contributed by atoms with van der Waals surface area (Å²) in [5, 5.41) is 4.21. The Balaban J connectivity index is 2.14. The van der Waals surface area contributed by atoms with E-state index >= 15 is 0 Å². The summed E-state index contributed by atoms with van der Waals surface area (Å²) >= 11 is 1.59. The second-order valence-electron chi connectivity index (χ2n) is 4.24. The lowest BCUT2D eigenvalue weighted by Gasteiger charge is -2.09. The number of nitrogens with zero attached hydrogens (tertiary/aromatic N) is 3. The van der Waals surface area contributed by atoms with Crippen molar-refractivity contribution in [2.24, 2.45) is 0 Å². The highest BCUT2D eigenvalue weighted by atomic mass is 32.1. The lowest BCUT2D eigenvalue weighted by Crippen LogP contribution is -2.07. The van der Waals surface area contributed by atoms with Crippen molar-refractivity contribution in [2.45, 2.75) is 6.54 Å². The van der Waals surface area contributed by atoms with Crippen LogP contribution in [0.25, 0.3) is 0 Å². The number of nitrogens with one attached hydrogen (secondary N) is 1. The van der Waals surface area contributed by atoms with Crippen LogP contribution in [0.1, 0.15) is 4.88 Å². The molecule has 0 radical (unpaired) electrons. The van der Waals surface area contributed by atoms with Crippen molar-refractivity contribution in [3.05, 3.63) is 23.2 Å². The van der Waals surface area contributed by atoms with Crippen molar-refractivity contribution < 1.29 is 9.47 Å². The zero-order valence-electron chi connectivity index (χ0n) is 12.0. The molecule has 0 saturated heterocycles. The molecule has 2 aromatic rings. The molecule has 20 heavy (non-hydrogen) atoms. The molecule has 0 atom stereocenters. The maximum Gasteiger partial charge on any atom is 0.237 e. The predicted octanol–water partition coefficient (Wildman–Crippen LogP) is 2.23. The third kappa shape index (κ3) is 3.11. The molecule has 2 heterocycles. The SMILES string of the molecule is COc1ncccc1NCc1sc(N(C)C)nc1OC. The summed E-state index contributed by atoms with van der Waals surface area (Å²) in [6.07, 6.45) is 1.70. The average molecular weight is 294 g/mol. The Kier molecular flexibility index (Phi) is 4.62. The van der Waals surface area contributed by atoms with Crippen LogP contribution in [-0.4, -0.2) is 38.3 Å². The minimum atomic E-state index is 0.573. The van der Waals surface area contributed by atoms with Crippen molar-refractivity contribution in [3.8, 4) is 11.8 Å². The van der Waals surface area contributed by atoms with Crippen molar-refractivity contribution in [3.63, 3.8) is 0 Å². The molecule has 0 saturated carbocycles. The zero-order chi connectivity index (χ0) is 14.5. The quantitative estimate of drug-likeness (QED) is 0.881. The Hall–Kier alpha value is -2.02. The van der Waals surface area contributed by atoms with Gasteiger partial charge in [0, 0.05) is 20.3 Å². The van der Waals surface area contributed by atoms with Crippen LogP contribution in [0.4, 0.5) is 10.8 Å². The van der Waals surface area contributed by atoms with Crippen LogP contribution in [-0.2, 0) is 6.54 Å². The van der Waals surface area contributed by atoms with E-state index in [1.54, 1.807) is 31.8 Å². The first-order valence-corrected chi connectivity index (χ1v) is 6.91. The third-order valence-corrected chi connectivity index (χ3v) is 3.83. The van der Waals surface area contributed by atoms with E-state index in [1.807, 2.05) is 31.1 Å². The van der Waals surface area contributed by atoms with E-state index in [2.05, 4.69) is 15.3 Å². The highest BCUT2D eigenvalue weighted by molar-refractivity contribution is 7.15. The van der Waals surface area contributed by atoms with Gasteiger partial charge in [-0.25, -0.2) is 4.98 Å². The molecule has 0 spiro atoms. The summed E-state index contributed by atoms with van der Waals surface area (Å²) in [4.78, 5) is 11.6. The van der Waals surface area contributed by atoms with Crippen LogP contribution < -0.4 is 19.7 Å². The van der Waals surface area contributed by atoms with Crippen molar-refractivity contribution in [2.75, 3.05) is 38.5 Å². The molecule has 6 nitrogen and oxygen atoms in total. The van der Waals surface area contributed by atoms with Gasteiger partial charge in [0.1, 0.15) is 0 Å². The van der Waals surface area contributed by atoms with Gasteiger partial charge in [-0.05, 0) is 12.1 Å². The maximum absolute atomic E-state index is 5.31. The van der Waals surface area contributed by atoms with Gasteiger partial charge in [0.25, 0.3) is 0 Å². The standard InChI is InChI=1S/C13H18N4O2S/c1-17(2)13-16-12(19-4)10(20-13)8-15-9-6-5-7-14-11(9)18-3/h5-7,15H,8H2,1-4H3. The molecule has 108 valence electrons. The van der Waals surface area contributed by atoms with Gasteiger partial charge in [-0.3, -0.25) is 0 Å². The summed E-state index contributed by atoms with van der Waals surface area (Å²) in [6, 6.07) is 3.78. The summed E-state index contributed by atoms with van der Waals surface area (Å²) in [5.74, 6) is 1.22. The fraction of sp³-hybridized carbons (Fsp3) is 0.385. The predicted molar refractivity (Wildman–Crippen MR) is 81.1 cm³/mol. The van der Waals surface area contributed by atoms with Gasteiger partial charge in [-0.2, -0.15) is 4.98 Å². The van der Waals surface area contributed by atoms with Crippen LogP contribution >= 0.6 is 11.3 Å². The molecule has 0 amide bonds. The molecule has 2 rings (SSSR count). The number of hydrogen-bond acceptors (Lipinski definition) is 7. The van der Waals surface area contributed by atoms with Crippen LogP contribution in [0.2, 0.25) is 0 Å². The second-order valence-corrected chi connectivity index (χ2v) is 5.30. The fourth-order valence-corrected chi connectivity index (χ4v) is 2.54. The minimum Gasteiger partial charge on any atom is -0.480 e. The first kappa shape index (κ1) is 14.4. The molecule has 0 aromatic carbocycles. The minimum absolute atomic E-state index is 0.573. The molecule has 1 N–H and O–H groups in total. The lowest BCUT2D eigenvalue weighted by atomic mass is 10.4. The Labute approximate surface area is 122 Å². The zero-order valence-corrected chi connectivity index (χ0v) is 12.8. The average Bonchev–Trinajstić information content (AvgIpc) is 2.89. The number of aromatic nitrogens is 2. The maximum atomic E-state index is 5.31. The largest absolute Gasteiger partial charge is 0.480 e. The van der Waals surface area contributed by atoms with Crippen LogP contribution in [0.5, 0.6) is 11.8 Å². The van der Waals surface area contributed by atoms with Crippen LogP contribution in [0.15, 0.2) is 18.3 Å². The van der Waals surface area contributed by atoms with Gasteiger partial charge in [0.15, 0.2) is 5.13 Å². The Morgan fingerprint density at radius 3 is 2.65 bits per heavy atom. The highest BCUT2D eigenvalue weighted by Gasteiger charge is 2.13. The molecule has 0 fully saturated rings. The summed E-state index contributed by atoms with van der Waals surface area (Å²) < 4.78 is 10.5. The number of ether oxygens (including phenoxy) is 2. The summed E-state index contributed by atoms with van der Waals surface area (Å²) in [7, 11) is 7.15. The number of pyridine rings is 1. The molecular formula is C13H18N4O2S. The number of anilines is 2. The van der Waals surface area contributed by atoms with E-state index in [0.717, 1.165) is 15.7 Å². The topological polar surface area (TPSA) is 59.5 Å². The number of hydrogen-bond donors (Lipinski definition) is 1. The Morgan fingerprint density at radius 1 is 1.25 bits per heavy atom. The van der Waals surface area contributed by atoms with Gasteiger partial charge in [-0.1, -0.05) is 11.3 Å². The molecule has 0 aliphatic heterocycles. The molecule has 0 aliphatic carbocycles. The Bertz CT molecular complexity index is 571. The van der Waals surface area contributed by atoms with E-state index in [4.69, 9.17) is 9.47 Å². The number of rotatable bonds is 6. The number of methoxy groups -OCH3 is 2. The van der Waals surface area contributed by atoms with Gasteiger partial charge in [-0.15, -0.1) is 0 Å². The van der Waals surface area contributed by atoms with Crippen molar-refractivity contribution in [1.82, 2.24) is 9.97 Å². The molecular weight excluding hydrogens is 276 g/mol. The normalized spacial score (nSPS) is 10.2. The van der Waals surface area contributed by atoms with Gasteiger partial charge < -0.3 is 19.7 Å². The Morgan fingerprint density at radius 2 is 2.00 bits per heavy atom. The first-order chi connectivity index (χ1) is 9.65. The van der Waals surface area contributed by atoms with E-state index in [-0.39, 0.29) is 0 Å². The molecule has 0 aliphatic rings. The van der Waals surface area contributed by atoms with E-state index in [9.17, 15) is 0 Å². The smallest absolute Gasteiger partial charge is 0.237 e. The lowest BCUT2D eigenvalue weighted by molar-refractivity contribution is 0.396. The van der Waals surface area contributed by atoms with E-state index < -0.39 is 0 Å². The molecule has 0 bridgehead atoms.